The molecule has 6 heteroatoms. The minimum Gasteiger partial charge on any atom is -0.466 e. The van der Waals surface area contributed by atoms with Gasteiger partial charge >= 0.3 is 5.97 Å². The number of rotatable bonds is 49. The van der Waals surface area contributed by atoms with Crippen molar-refractivity contribution in [1.82, 2.24) is 5.32 Å². The quantitative estimate of drug-likeness (QED) is 0.0420. The van der Waals surface area contributed by atoms with Crippen LogP contribution in [0.25, 0.3) is 0 Å². The molecule has 0 bridgehead atoms. The fourth-order valence-electron chi connectivity index (χ4n) is 8.35. The Balaban J connectivity index is 3.42. The topological polar surface area (TPSA) is 95.9 Å². The molecule has 0 fully saturated rings. The average Bonchev–Trinajstić information content (AvgIpc) is 3.22. The zero-order chi connectivity index (χ0) is 42.3. The lowest BCUT2D eigenvalue weighted by molar-refractivity contribution is -0.143. The van der Waals surface area contributed by atoms with Gasteiger partial charge in [0, 0.05) is 12.8 Å². The van der Waals surface area contributed by atoms with Crippen molar-refractivity contribution in [1.29, 1.82) is 0 Å². The van der Waals surface area contributed by atoms with Crippen molar-refractivity contribution in [2.75, 3.05) is 13.2 Å². The Hall–Kier alpha value is -1.14. The summed E-state index contributed by atoms with van der Waals surface area (Å²) in [4.78, 5) is 24.5. The zero-order valence-corrected chi connectivity index (χ0v) is 39.3. The summed E-state index contributed by atoms with van der Waals surface area (Å²) in [6, 6.07) is -0.550. The van der Waals surface area contributed by atoms with Crippen LogP contribution in [0.1, 0.15) is 296 Å². The van der Waals surface area contributed by atoms with Crippen molar-refractivity contribution in [3.63, 3.8) is 0 Å². The Morgan fingerprint density at radius 2 is 0.707 bits per heavy atom. The van der Waals surface area contributed by atoms with Gasteiger partial charge in [-0.05, 0) is 25.7 Å². The van der Waals surface area contributed by atoms with Crippen molar-refractivity contribution < 1.29 is 24.5 Å². The molecule has 346 valence electrons. The van der Waals surface area contributed by atoms with E-state index >= 15 is 0 Å². The molecule has 0 aliphatic heterocycles. The van der Waals surface area contributed by atoms with Gasteiger partial charge in [0.15, 0.2) is 0 Å². The van der Waals surface area contributed by atoms with E-state index in [9.17, 15) is 19.8 Å². The standard InChI is InChI=1S/C52H103NO5/c1-3-5-7-9-11-13-15-17-18-19-21-26-30-34-38-42-46-52(57)58-47-43-39-35-31-27-23-22-25-29-33-37-41-45-51(56)53-49(48-54)50(55)44-40-36-32-28-24-20-16-14-12-10-8-6-4-2/h49-50,54-55H,3-48H2,1-2H3,(H,53,56). The molecule has 2 unspecified atom stereocenters. The molecule has 0 aromatic heterocycles. The van der Waals surface area contributed by atoms with Gasteiger partial charge in [-0.25, -0.2) is 0 Å². The maximum absolute atomic E-state index is 12.4. The number of esters is 1. The summed E-state index contributed by atoms with van der Waals surface area (Å²) < 4.78 is 5.47. The van der Waals surface area contributed by atoms with E-state index in [4.69, 9.17) is 4.74 Å². The maximum Gasteiger partial charge on any atom is 0.305 e. The highest BCUT2D eigenvalue weighted by molar-refractivity contribution is 5.76. The van der Waals surface area contributed by atoms with Crippen LogP contribution in [0, 0.1) is 0 Å². The minimum atomic E-state index is -0.672. The molecule has 0 heterocycles. The first-order valence-electron chi connectivity index (χ1n) is 26.3. The summed E-state index contributed by atoms with van der Waals surface area (Å²) >= 11 is 0. The number of ether oxygens (including phenoxy) is 1. The molecule has 58 heavy (non-hydrogen) atoms. The van der Waals surface area contributed by atoms with Crippen LogP contribution in [0.4, 0.5) is 0 Å². The summed E-state index contributed by atoms with van der Waals surface area (Å²) in [5.41, 5.74) is 0. The maximum atomic E-state index is 12.4. The first-order chi connectivity index (χ1) is 28.5. The third kappa shape index (κ3) is 44.4. The minimum absolute atomic E-state index is 0.00520. The van der Waals surface area contributed by atoms with E-state index in [0.717, 1.165) is 57.8 Å². The van der Waals surface area contributed by atoms with E-state index < -0.39 is 12.1 Å². The molecule has 0 rings (SSSR count). The normalized spacial score (nSPS) is 12.6. The Bertz CT molecular complexity index is 822. The lowest BCUT2D eigenvalue weighted by atomic mass is 10.0. The van der Waals surface area contributed by atoms with Crippen molar-refractivity contribution in [2.45, 2.75) is 309 Å². The van der Waals surface area contributed by atoms with Crippen LogP contribution in [-0.4, -0.2) is 47.4 Å². The highest BCUT2D eigenvalue weighted by atomic mass is 16.5. The fourth-order valence-corrected chi connectivity index (χ4v) is 8.35. The van der Waals surface area contributed by atoms with E-state index in [2.05, 4.69) is 19.2 Å². The second-order valence-corrected chi connectivity index (χ2v) is 18.2. The van der Waals surface area contributed by atoms with Crippen LogP contribution in [0.15, 0.2) is 0 Å². The molecule has 0 aliphatic rings. The second kappa shape index (κ2) is 48.5. The molecule has 0 spiro atoms. The average molecular weight is 822 g/mol. The monoisotopic (exact) mass is 822 g/mol. The summed E-state index contributed by atoms with van der Waals surface area (Å²) in [6.07, 6.45) is 53.5. The number of aliphatic hydroxyl groups excluding tert-OH is 2. The number of hydrogen-bond donors (Lipinski definition) is 3. The van der Waals surface area contributed by atoms with Crippen LogP contribution in [0.2, 0.25) is 0 Å². The molecule has 0 aromatic carbocycles. The van der Waals surface area contributed by atoms with Crippen LogP contribution < -0.4 is 5.32 Å². The number of amides is 1. The fraction of sp³-hybridized carbons (Fsp3) is 0.962. The Kier molecular flexibility index (Phi) is 47.6. The van der Waals surface area contributed by atoms with Crippen molar-refractivity contribution >= 4 is 11.9 Å². The van der Waals surface area contributed by atoms with E-state index in [0.29, 0.717) is 25.9 Å². The Morgan fingerprint density at radius 1 is 0.414 bits per heavy atom. The molecule has 0 saturated heterocycles. The first kappa shape index (κ1) is 56.9. The lowest BCUT2D eigenvalue weighted by Gasteiger charge is -2.22. The summed E-state index contributed by atoms with van der Waals surface area (Å²) in [5.74, 6) is -0.0541. The van der Waals surface area contributed by atoms with Gasteiger partial charge in [0.2, 0.25) is 5.91 Å². The van der Waals surface area contributed by atoms with Crippen LogP contribution in [0.5, 0.6) is 0 Å². The molecule has 0 radical (unpaired) electrons. The molecular formula is C52H103NO5. The third-order valence-corrected chi connectivity index (χ3v) is 12.4. The molecular weight excluding hydrogens is 719 g/mol. The molecule has 3 N–H and O–H groups in total. The van der Waals surface area contributed by atoms with Crippen LogP contribution in [-0.2, 0) is 14.3 Å². The van der Waals surface area contributed by atoms with E-state index in [1.54, 1.807) is 0 Å². The van der Waals surface area contributed by atoms with Gasteiger partial charge in [-0.2, -0.15) is 0 Å². The Morgan fingerprint density at radius 3 is 1.05 bits per heavy atom. The summed E-state index contributed by atoms with van der Waals surface area (Å²) in [5, 5.41) is 23.2. The molecule has 0 saturated carbocycles. The largest absolute Gasteiger partial charge is 0.466 e. The van der Waals surface area contributed by atoms with E-state index in [-0.39, 0.29) is 18.5 Å². The Labute approximate surface area is 362 Å². The highest BCUT2D eigenvalue weighted by Gasteiger charge is 2.20. The first-order valence-corrected chi connectivity index (χ1v) is 26.3. The van der Waals surface area contributed by atoms with Crippen LogP contribution in [0.3, 0.4) is 0 Å². The third-order valence-electron chi connectivity index (χ3n) is 12.4. The molecule has 0 aromatic rings. The van der Waals surface area contributed by atoms with Gasteiger partial charge in [0.1, 0.15) is 0 Å². The van der Waals surface area contributed by atoms with E-state index in [1.165, 1.54) is 205 Å². The van der Waals surface area contributed by atoms with Crippen LogP contribution >= 0.6 is 0 Å². The lowest BCUT2D eigenvalue weighted by Crippen LogP contribution is -2.45. The highest BCUT2D eigenvalue weighted by Crippen LogP contribution is 2.17. The second-order valence-electron chi connectivity index (χ2n) is 18.2. The van der Waals surface area contributed by atoms with Gasteiger partial charge in [-0.15, -0.1) is 0 Å². The number of nitrogens with one attached hydrogen (secondary N) is 1. The number of aliphatic hydroxyl groups is 2. The van der Waals surface area contributed by atoms with Crippen molar-refractivity contribution in [3.05, 3.63) is 0 Å². The predicted octanol–water partition coefficient (Wildman–Crippen LogP) is 15.6. The molecule has 0 aliphatic carbocycles. The van der Waals surface area contributed by atoms with Gasteiger partial charge in [0.05, 0.1) is 25.4 Å². The van der Waals surface area contributed by atoms with Gasteiger partial charge in [-0.1, -0.05) is 258 Å². The van der Waals surface area contributed by atoms with Crippen molar-refractivity contribution in [3.8, 4) is 0 Å². The number of carbonyl (C=O) groups is 2. The van der Waals surface area contributed by atoms with Gasteiger partial charge in [-0.3, -0.25) is 9.59 Å². The number of hydrogen-bond acceptors (Lipinski definition) is 5. The summed E-state index contributed by atoms with van der Waals surface area (Å²) in [6.45, 7) is 4.93. The van der Waals surface area contributed by atoms with E-state index in [1.807, 2.05) is 0 Å². The smallest absolute Gasteiger partial charge is 0.305 e. The predicted molar refractivity (Wildman–Crippen MR) is 250 cm³/mol. The summed E-state index contributed by atoms with van der Waals surface area (Å²) in [7, 11) is 0. The van der Waals surface area contributed by atoms with Crippen molar-refractivity contribution in [2.24, 2.45) is 0 Å². The SMILES string of the molecule is CCCCCCCCCCCCCCCCCCC(=O)OCCCCCCCCCCCCCCC(=O)NC(CO)C(O)CCCCCCCCCCCCCCC. The molecule has 6 nitrogen and oxygen atoms in total. The van der Waals surface area contributed by atoms with Gasteiger partial charge < -0.3 is 20.3 Å². The van der Waals surface area contributed by atoms with Gasteiger partial charge in [0.25, 0.3) is 0 Å². The zero-order valence-electron chi connectivity index (χ0n) is 39.3. The molecule has 1 amide bonds. The number of carbonyl (C=O) groups excluding carboxylic acids is 2. The number of unbranched alkanes of at least 4 members (excludes halogenated alkanes) is 38. The molecule has 2 atom stereocenters.